The number of Topliss-reactive ketones (excluding diaryl/α,β-unsaturated/α-hetero) is 1. The molecule has 68 valence electrons. The lowest BCUT2D eigenvalue weighted by Crippen LogP contribution is -2.33. The first-order chi connectivity index (χ1) is 5.54. The lowest BCUT2D eigenvalue weighted by Gasteiger charge is -2.24. The third-order valence-corrected chi connectivity index (χ3v) is 3.41. The largest absolute Gasteiger partial charge is 0.358 e. The molecule has 0 aromatic heterocycles. The first-order valence-electron chi connectivity index (χ1n) is 4.75. The van der Waals surface area contributed by atoms with Gasteiger partial charge in [0.1, 0.15) is 5.60 Å². The Morgan fingerprint density at radius 2 is 2.25 bits per heavy atom. The van der Waals surface area contributed by atoms with Crippen LogP contribution in [0.15, 0.2) is 0 Å². The van der Waals surface area contributed by atoms with E-state index in [4.69, 9.17) is 4.74 Å². The Morgan fingerprint density at radius 1 is 1.58 bits per heavy atom. The molecule has 0 aromatic carbocycles. The Labute approximate surface area is 73.3 Å². The van der Waals surface area contributed by atoms with Crippen LogP contribution in [0.4, 0.5) is 0 Å². The van der Waals surface area contributed by atoms with Crippen molar-refractivity contribution in [1.82, 2.24) is 0 Å². The minimum atomic E-state index is -0.370. The Hall–Kier alpha value is -0.370. The van der Waals surface area contributed by atoms with E-state index in [1.807, 2.05) is 6.92 Å². The van der Waals surface area contributed by atoms with Crippen molar-refractivity contribution in [3.8, 4) is 0 Å². The van der Waals surface area contributed by atoms with Crippen LogP contribution in [0.2, 0.25) is 0 Å². The van der Waals surface area contributed by atoms with Gasteiger partial charge in [0.25, 0.3) is 0 Å². The van der Waals surface area contributed by atoms with Gasteiger partial charge in [-0.05, 0) is 25.2 Å². The summed E-state index contributed by atoms with van der Waals surface area (Å²) in [6, 6.07) is 0. The summed E-state index contributed by atoms with van der Waals surface area (Å²) in [4.78, 5) is 11.5. The second-order valence-corrected chi connectivity index (χ2v) is 4.58. The quantitative estimate of drug-likeness (QED) is 0.558. The molecule has 2 heteroatoms. The molecule has 0 amide bonds. The van der Waals surface area contributed by atoms with E-state index in [1.165, 1.54) is 0 Å². The zero-order valence-electron chi connectivity index (χ0n) is 7.96. The summed E-state index contributed by atoms with van der Waals surface area (Å²) in [6.07, 6.45) is 2.05. The van der Waals surface area contributed by atoms with Gasteiger partial charge in [-0.1, -0.05) is 13.8 Å². The molecule has 0 radical (unpaired) electrons. The summed E-state index contributed by atoms with van der Waals surface area (Å²) in [5.41, 5.74) is -0.370. The number of rotatable bonds is 1. The molecule has 1 saturated carbocycles. The molecule has 0 aromatic rings. The number of epoxide rings is 1. The molecule has 2 fully saturated rings. The molecule has 1 aliphatic heterocycles. The summed E-state index contributed by atoms with van der Waals surface area (Å²) in [5.74, 6) is 1.48. The number of hydrogen-bond acceptors (Lipinski definition) is 2. The fourth-order valence-electron chi connectivity index (χ4n) is 2.09. The molecule has 0 bridgehead atoms. The molecule has 0 spiro atoms. The Balaban J connectivity index is 2.07. The summed E-state index contributed by atoms with van der Waals surface area (Å²) in [5, 5.41) is 0. The highest BCUT2D eigenvalue weighted by atomic mass is 16.6. The van der Waals surface area contributed by atoms with E-state index in [-0.39, 0.29) is 11.7 Å². The summed E-state index contributed by atoms with van der Waals surface area (Å²) < 4.78 is 5.41. The number of carbonyl (C=O) groups excluding carboxylic acids is 1. The average molecular weight is 168 g/mol. The zero-order chi connectivity index (χ0) is 8.93. The first-order valence-corrected chi connectivity index (χ1v) is 4.75. The van der Waals surface area contributed by atoms with Crippen LogP contribution in [0.25, 0.3) is 0 Å². The highest BCUT2D eigenvalue weighted by Crippen LogP contribution is 2.48. The number of carbonyl (C=O) groups is 1. The molecule has 12 heavy (non-hydrogen) atoms. The van der Waals surface area contributed by atoms with Gasteiger partial charge in [-0.3, -0.25) is 4.79 Å². The molecule has 2 nitrogen and oxygen atoms in total. The van der Waals surface area contributed by atoms with Crippen molar-refractivity contribution in [2.45, 2.75) is 45.3 Å². The molecule has 2 aliphatic rings. The average Bonchev–Trinajstić information content (AvgIpc) is 2.62. The van der Waals surface area contributed by atoms with Crippen LogP contribution in [0.5, 0.6) is 0 Å². The van der Waals surface area contributed by atoms with E-state index in [0.29, 0.717) is 17.6 Å². The maximum absolute atomic E-state index is 11.5. The molecule has 0 N–H and O–H groups in total. The van der Waals surface area contributed by atoms with Crippen molar-refractivity contribution in [1.29, 1.82) is 0 Å². The Bertz CT molecular complexity index is 222. The van der Waals surface area contributed by atoms with Gasteiger partial charge in [-0.25, -0.2) is 0 Å². The molecule has 3 atom stereocenters. The van der Waals surface area contributed by atoms with Gasteiger partial charge in [0, 0.05) is 6.42 Å². The minimum Gasteiger partial charge on any atom is -0.358 e. The molecule has 1 saturated heterocycles. The van der Waals surface area contributed by atoms with Crippen LogP contribution in [-0.4, -0.2) is 17.5 Å². The van der Waals surface area contributed by atoms with Crippen LogP contribution < -0.4 is 0 Å². The van der Waals surface area contributed by atoms with Gasteiger partial charge in [0.15, 0.2) is 5.78 Å². The van der Waals surface area contributed by atoms with Crippen LogP contribution in [0.3, 0.4) is 0 Å². The van der Waals surface area contributed by atoms with E-state index in [9.17, 15) is 4.79 Å². The number of hydrogen-bond donors (Lipinski definition) is 0. The topological polar surface area (TPSA) is 29.6 Å². The van der Waals surface area contributed by atoms with E-state index >= 15 is 0 Å². The van der Waals surface area contributed by atoms with Gasteiger partial charge >= 0.3 is 0 Å². The molecular weight excluding hydrogens is 152 g/mol. The van der Waals surface area contributed by atoms with E-state index in [1.54, 1.807) is 0 Å². The van der Waals surface area contributed by atoms with E-state index in [2.05, 4.69) is 13.8 Å². The highest BCUT2D eigenvalue weighted by molar-refractivity contribution is 5.91. The first kappa shape index (κ1) is 8.24. The van der Waals surface area contributed by atoms with Crippen LogP contribution >= 0.6 is 0 Å². The number of ether oxygens (including phenoxy) is 1. The standard InChI is InChI=1S/C10H16O2/c1-6(2)7-4-8(11)10(3)9(5-7)12-10/h6-7,9H,4-5H2,1-3H3/t7-,9-,10+/m0/s1. The van der Waals surface area contributed by atoms with Crippen molar-refractivity contribution in [2.75, 3.05) is 0 Å². The van der Waals surface area contributed by atoms with Gasteiger partial charge in [-0.15, -0.1) is 0 Å². The van der Waals surface area contributed by atoms with E-state index < -0.39 is 0 Å². The van der Waals surface area contributed by atoms with Gasteiger partial charge in [0.05, 0.1) is 6.10 Å². The Morgan fingerprint density at radius 3 is 2.75 bits per heavy atom. The van der Waals surface area contributed by atoms with Crippen molar-refractivity contribution < 1.29 is 9.53 Å². The summed E-state index contributed by atoms with van der Waals surface area (Å²) >= 11 is 0. The van der Waals surface area contributed by atoms with Crippen LogP contribution in [0, 0.1) is 11.8 Å². The second kappa shape index (κ2) is 2.32. The van der Waals surface area contributed by atoms with Crippen molar-refractivity contribution >= 4 is 5.78 Å². The Kier molecular flexibility index (Phi) is 1.59. The summed E-state index contributed by atoms with van der Waals surface area (Å²) in [7, 11) is 0. The molecule has 1 heterocycles. The maximum Gasteiger partial charge on any atom is 0.167 e. The molecular formula is C10H16O2. The fourth-order valence-corrected chi connectivity index (χ4v) is 2.09. The normalized spacial score (nSPS) is 46.2. The van der Waals surface area contributed by atoms with Crippen molar-refractivity contribution in [2.24, 2.45) is 11.8 Å². The number of ketones is 1. The fraction of sp³-hybridized carbons (Fsp3) is 0.900. The smallest absolute Gasteiger partial charge is 0.167 e. The highest BCUT2D eigenvalue weighted by Gasteiger charge is 2.61. The van der Waals surface area contributed by atoms with Gasteiger partial charge < -0.3 is 4.74 Å². The molecule has 0 unspecified atom stereocenters. The van der Waals surface area contributed by atoms with Crippen LogP contribution in [0.1, 0.15) is 33.6 Å². The van der Waals surface area contributed by atoms with Gasteiger partial charge in [-0.2, -0.15) is 0 Å². The van der Waals surface area contributed by atoms with E-state index in [0.717, 1.165) is 12.8 Å². The van der Waals surface area contributed by atoms with Gasteiger partial charge in [0.2, 0.25) is 0 Å². The lowest BCUT2D eigenvalue weighted by atomic mass is 9.77. The lowest BCUT2D eigenvalue weighted by molar-refractivity contribution is -0.125. The molecule has 2 rings (SSSR count). The monoisotopic (exact) mass is 168 g/mol. The minimum absolute atomic E-state index is 0.242. The SMILES string of the molecule is CC(C)[C@H]1CC(=O)[C@@]2(C)O[C@H]2C1. The number of fused-ring (bicyclic) bond motifs is 1. The predicted molar refractivity (Wildman–Crippen MR) is 45.8 cm³/mol. The van der Waals surface area contributed by atoms with Crippen LogP contribution in [-0.2, 0) is 9.53 Å². The second-order valence-electron chi connectivity index (χ2n) is 4.58. The predicted octanol–water partition coefficient (Wildman–Crippen LogP) is 1.78. The third-order valence-electron chi connectivity index (χ3n) is 3.41. The van der Waals surface area contributed by atoms with Crippen molar-refractivity contribution in [3.63, 3.8) is 0 Å². The molecule has 1 aliphatic carbocycles. The zero-order valence-corrected chi connectivity index (χ0v) is 7.96. The maximum atomic E-state index is 11.5. The third kappa shape index (κ3) is 1.01. The summed E-state index contributed by atoms with van der Waals surface area (Å²) in [6.45, 7) is 6.29. The van der Waals surface area contributed by atoms with Crippen molar-refractivity contribution in [3.05, 3.63) is 0 Å².